The fraction of sp³-hybridized carbons (Fsp3) is 0.300. The molecule has 1 aliphatic heterocycles. The molecule has 2 aromatic heterocycles. The highest BCUT2D eigenvalue weighted by molar-refractivity contribution is 7.89. The van der Waals surface area contributed by atoms with E-state index in [1.54, 1.807) is 34.9 Å². The molecule has 0 amide bonds. The third-order valence-electron chi connectivity index (χ3n) is 7.40. The molecule has 2 aromatic carbocycles. The lowest BCUT2D eigenvalue weighted by molar-refractivity contribution is 0.241. The summed E-state index contributed by atoms with van der Waals surface area (Å²) >= 11 is 0. The molecule has 0 saturated carbocycles. The van der Waals surface area contributed by atoms with Crippen molar-refractivity contribution in [3.8, 4) is 28.6 Å². The Kier molecular flexibility index (Phi) is 7.90. The van der Waals surface area contributed by atoms with Gasteiger partial charge in [0.25, 0.3) is 0 Å². The van der Waals surface area contributed by atoms with Crippen LogP contribution < -0.4 is 4.74 Å². The number of pyridine rings is 1. The average molecular weight is 548 g/mol. The lowest BCUT2D eigenvalue weighted by atomic mass is 9.92. The highest BCUT2D eigenvalue weighted by atomic mass is 32.2. The number of ether oxygens (including phenoxy) is 1. The van der Waals surface area contributed by atoms with Gasteiger partial charge < -0.3 is 14.9 Å². The lowest BCUT2D eigenvalue weighted by Gasteiger charge is -2.27. The zero-order chi connectivity index (χ0) is 27.4. The Morgan fingerprint density at radius 1 is 0.923 bits per heavy atom. The maximum Gasteiger partial charge on any atom is 0.243 e. The van der Waals surface area contributed by atoms with Crippen molar-refractivity contribution in [2.45, 2.75) is 43.0 Å². The summed E-state index contributed by atoms with van der Waals surface area (Å²) in [5.41, 5.74) is 2.71. The van der Waals surface area contributed by atoms with Gasteiger partial charge in [-0.1, -0.05) is 37.3 Å². The molecule has 1 aliphatic rings. The first-order valence-electron chi connectivity index (χ1n) is 13.2. The molecule has 1 fully saturated rings. The van der Waals surface area contributed by atoms with Crippen LogP contribution in [0.5, 0.6) is 17.5 Å². The van der Waals surface area contributed by atoms with Gasteiger partial charge in [-0.25, -0.2) is 8.42 Å². The maximum atomic E-state index is 13.0. The van der Waals surface area contributed by atoms with Crippen molar-refractivity contribution >= 4 is 10.0 Å². The number of aromatic hydroxyl groups is 2. The number of aromatic nitrogens is 2. The predicted molar refractivity (Wildman–Crippen MR) is 149 cm³/mol. The summed E-state index contributed by atoms with van der Waals surface area (Å²) in [4.78, 5) is 4.53. The fourth-order valence-electron chi connectivity index (χ4n) is 5.19. The summed E-state index contributed by atoms with van der Waals surface area (Å²) in [5, 5.41) is 20.8. The van der Waals surface area contributed by atoms with Gasteiger partial charge in [0.05, 0.1) is 11.5 Å². The van der Waals surface area contributed by atoms with Gasteiger partial charge in [0.2, 0.25) is 10.0 Å². The average Bonchev–Trinajstić information content (AvgIpc) is 3.63. The predicted octanol–water partition coefficient (Wildman–Crippen LogP) is 5.56. The Morgan fingerprint density at radius 2 is 1.64 bits per heavy atom. The summed E-state index contributed by atoms with van der Waals surface area (Å²) in [6.07, 6.45) is 5.84. The van der Waals surface area contributed by atoms with Gasteiger partial charge in [-0.15, -0.1) is 0 Å². The number of rotatable bonds is 10. The fourth-order valence-corrected chi connectivity index (χ4v) is 6.76. The first kappa shape index (κ1) is 26.8. The first-order chi connectivity index (χ1) is 18.8. The van der Waals surface area contributed by atoms with Crippen LogP contribution in [0, 0.1) is 0 Å². The van der Waals surface area contributed by atoms with Gasteiger partial charge in [-0.3, -0.25) is 9.55 Å². The van der Waals surface area contributed by atoms with Crippen molar-refractivity contribution in [2.24, 2.45) is 0 Å². The van der Waals surface area contributed by atoms with Crippen LogP contribution in [0.2, 0.25) is 0 Å². The molecule has 0 aliphatic carbocycles. The molecule has 4 aromatic rings. The molecule has 8 nitrogen and oxygen atoms in total. The van der Waals surface area contributed by atoms with E-state index in [0.717, 1.165) is 29.5 Å². The van der Waals surface area contributed by atoms with Gasteiger partial charge in [0.15, 0.2) is 11.8 Å². The molecule has 0 bridgehead atoms. The molecule has 3 heterocycles. The van der Waals surface area contributed by atoms with Gasteiger partial charge in [-0.2, -0.15) is 4.31 Å². The Morgan fingerprint density at radius 3 is 2.31 bits per heavy atom. The van der Waals surface area contributed by atoms with Crippen LogP contribution in [-0.4, -0.2) is 52.2 Å². The minimum absolute atomic E-state index is 0.00781. The van der Waals surface area contributed by atoms with E-state index in [4.69, 9.17) is 4.74 Å². The Balaban J connectivity index is 1.27. The SMILES string of the molecule is CC(c1cccnc1)[C@H](CCOc1ccc(-c2cccc(S(=O)(=O)N3CCCC3)c2)cc1)n1c(O)ccc1O. The van der Waals surface area contributed by atoms with Crippen molar-refractivity contribution in [2.75, 3.05) is 19.7 Å². The molecule has 1 unspecified atom stereocenters. The van der Waals surface area contributed by atoms with E-state index < -0.39 is 10.0 Å². The van der Waals surface area contributed by atoms with Crippen LogP contribution >= 0.6 is 0 Å². The number of hydrogen-bond acceptors (Lipinski definition) is 6. The molecule has 1 saturated heterocycles. The highest BCUT2D eigenvalue weighted by Crippen LogP contribution is 2.38. The van der Waals surface area contributed by atoms with Crippen molar-refractivity contribution in [3.63, 3.8) is 0 Å². The van der Waals surface area contributed by atoms with Crippen molar-refractivity contribution in [3.05, 3.63) is 90.8 Å². The van der Waals surface area contributed by atoms with Crippen LogP contribution in [0.15, 0.2) is 90.1 Å². The van der Waals surface area contributed by atoms with E-state index in [9.17, 15) is 18.6 Å². The molecule has 5 rings (SSSR count). The maximum absolute atomic E-state index is 13.0. The Hall–Kier alpha value is -3.82. The molecule has 9 heteroatoms. The minimum Gasteiger partial charge on any atom is -0.494 e. The van der Waals surface area contributed by atoms with Gasteiger partial charge in [-0.05, 0) is 59.9 Å². The van der Waals surface area contributed by atoms with Crippen LogP contribution in [0.3, 0.4) is 0 Å². The second-order valence-electron chi connectivity index (χ2n) is 9.86. The van der Waals surface area contributed by atoms with Crippen LogP contribution in [0.25, 0.3) is 11.1 Å². The Labute approximate surface area is 229 Å². The smallest absolute Gasteiger partial charge is 0.243 e. The van der Waals surface area contributed by atoms with E-state index in [2.05, 4.69) is 4.98 Å². The summed E-state index contributed by atoms with van der Waals surface area (Å²) in [7, 11) is -3.48. The molecule has 39 heavy (non-hydrogen) atoms. The molecular weight excluding hydrogens is 514 g/mol. The van der Waals surface area contributed by atoms with Crippen molar-refractivity contribution in [1.29, 1.82) is 0 Å². The number of sulfonamides is 1. The standard InChI is InChI=1S/C30H33N3O5S/c1-22(25-7-5-16-31-21-25)28(33-29(34)13-14-30(33)35)15-19-38-26-11-9-23(10-12-26)24-6-4-8-27(20-24)39(36,37)32-17-2-3-18-32/h4-14,16,20-22,28,34-35H,2-3,15,17-19H2,1H3/t22?,28-/m0/s1. The zero-order valence-corrected chi connectivity index (χ0v) is 22.7. The quantitative estimate of drug-likeness (QED) is 0.269. The van der Waals surface area contributed by atoms with E-state index in [0.29, 0.717) is 36.8 Å². The van der Waals surface area contributed by atoms with Crippen LogP contribution in [0.4, 0.5) is 0 Å². The molecule has 0 radical (unpaired) electrons. The lowest BCUT2D eigenvalue weighted by Crippen LogP contribution is -2.27. The second-order valence-corrected chi connectivity index (χ2v) is 11.8. The topological polar surface area (TPSA) is 105 Å². The normalized spacial score (nSPS) is 15.7. The third-order valence-corrected chi connectivity index (χ3v) is 9.30. The molecular formula is C30H33N3O5S. The number of nitrogens with zero attached hydrogens (tertiary/aromatic N) is 3. The molecule has 204 valence electrons. The third kappa shape index (κ3) is 5.79. The largest absolute Gasteiger partial charge is 0.494 e. The van der Waals surface area contributed by atoms with E-state index in [-0.39, 0.29) is 23.7 Å². The molecule has 2 atom stereocenters. The molecule has 2 N–H and O–H groups in total. The summed E-state index contributed by atoms with van der Waals surface area (Å²) in [6.45, 7) is 3.54. The van der Waals surface area contributed by atoms with E-state index in [1.807, 2.05) is 49.4 Å². The highest BCUT2D eigenvalue weighted by Gasteiger charge is 2.27. The first-order valence-corrected chi connectivity index (χ1v) is 14.6. The minimum atomic E-state index is -3.48. The molecule has 0 spiro atoms. The van der Waals surface area contributed by atoms with Gasteiger partial charge in [0.1, 0.15) is 5.75 Å². The van der Waals surface area contributed by atoms with Crippen molar-refractivity contribution < 1.29 is 23.4 Å². The Bertz CT molecular complexity index is 1480. The van der Waals surface area contributed by atoms with Crippen LogP contribution in [0.1, 0.15) is 43.7 Å². The second kappa shape index (κ2) is 11.5. The number of benzene rings is 2. The summed E-state index contributed by atoms with van der Waals surface area (Å²) in [6, 6.07) is 21.1. The van der Waals surface area contributed by atoms with Gasteiger partial charge in [0, 0.05) is 56.0 Å². The van der Waals surface area contributed by atoms with E-state index in [1.165, 1.54) is 16.7 Å². The van der Waals surface area contributed by atoms with E-state index >= 15 is 0 Å². The van der Waals surface area contributed by atoms with Crippen LogP contribution in [-0.2, 0) is 10.0 Å². The summed E-state index contributed by atoms with van der Waals surface area (Å²) in [5.74, 6) is 0.615. The number of hydrogen-bond donors (Lipinski definition) is 2. The summed E-state index contributed by atoms with van der Waals surface area (Å²) < 4.78 is 35.1. The van der Waals surface area contributed by atoms with Crippen molar-refractivity contribution in [1.82, 2.24) is 13.9 Å². The monoisotopic (exact) mass is 547 g/mol. The zero-order valence-electron chi connectivity index (χ0n) is 21.8. The van der Waals surface area contributed by atoms with Gasteiger partial charge >= 0.3 is 0 Å².